The quantitative estimate of drug-likeness (QED) is 0.243. The van der Waals surface area contributed by atoms with Gasteiger partial charge in [0.15, 0.2) is 0 Å². The Morgan fingerprint density at radius 1 is 0.976 bits per heavy atom. The minimum Gasteiger partial charge on any atom is -0.468 e. The van der Waals surface area contributed by atoms with Gasteiger partial charge in [-0.3, -0.25) is 14.5 Å². The van der Waals surface area contributed by atoms with E-state index < -0.39 is 17.6 Å². The van der Waals surface area contributed by atoms with Crippen molar-refractivity contribution in [3.8, 4) is 6.07 Å². The minimum absolute atomic E-state index is 0.0204. The molecule has 0 saturated carbocycles. The predicted molar refractivity (Wildman–Crippen MR) is 157 cm³/mol. The molecular weight excluding hydrogens is 539 g/mol. The number of benzene rings is 3. The van der Waals surface area contributed by atoms with Crippen LogP contribution in [-0.2, 0) is 9.59 Å². The third kappa shape index (κ3) is 6.08. The summed E-state index contributed by atoms with van der Waals surface area (Å²) in [6, 6.07) is 29.7. The maximum Gasteiger partial charge on any atom is 0.254 e. The monoisotopic (exact) mass is 564 g/mol. The third-order valence-corrected chi connectivity index (χ3v) is 7.44. The van der Waals surface area contributed by atoms with Crippen LogP contribution in [0.25, 0.3) is 0 Å². The number of carbonyl (C=O) groups is 2. The second kappa shape index (κ2) is 12.4. The lowest BCUT2D eigenvalue weighted by atomic mass is 9.85. The maximum absolute atomic E-state index is 13.6. The Morgan fingerprint density at radius 2 is 1.61 bits per heavy atom. The summed E-state index contributed by atoms with van der Waals surface area (Å²) in [5.41, 5.74) is 2.89. The fourth-order valence-electron chi connectivity index (χ4n) is 4.59. The van der Waals surface area contributed by atoms with Gasteiger partial charge in [-0.15, -0.1) is 0 Å². The van der Waals surface area contributed by atoms with E-state index in [1.807, 2.05) is 60.7 Å². The Kier molecular flexibility index (Phi) is 8.32. The average Bonchev–Trinajstić information content (AvgIpc) is 3.53. The molecule has 0 fully saturated rings. The molecule has 1 aromatic heterocycles. The maximum atomic E-state index is 13.6. The van der Waals surface area contributed by atoms with Crippen LogP contribution in [0.4, 0.5) is 21.5 Å². The molecule has 41 heavy (non-hydrogen) atoms. The van der Waals surface area contributed by atoms with Crippen LogP contribution < -0.4 is 15.5 Å². The van der Waals surface area contributed by atoms with E-state index >= 15 is 0 Å². The van der Waals surface area contributed by atoms with Crippen LogP contribution >= 0.6 is 11.8 Å². The molecule has 0 aliphatic carbocycles. The first-order chi connectivity index (χ1) is 20.0. The SMILES string of the molecule is CC1=C(C(=O)Nc2ccc(F)cc2)[C@H](c2ccco2)C(C#N)=C(SCC(=O)N(c2ccccc2)c2ccccc2)N1. The first-order valence-corrected chi connectivity index (χ1v) is 13.7. The number of nitriles is 1. The van der Waals surface area contributed by atoms with Gasteiger partial charge in [-0.25, -0.2) is 4.39 Å². The van der Waals surface area contributed by atoms with Crippen molar-refractivity contribution in [2.24, 2.45) is 0 Å². The fourth-order valence-corrected chi connectivity index (χ4v) is 5.53. The smallest absolute Gasteiger partial charge is 0.254 e. The highest BCUT2D eigenvalue weighted by Crippen LogP contribution is 2.41. The van der Waals surface area contributed by atoms with Crippen molar-refractivity contribution < 1.29 is 18.4 Å². The van der Waals surface area contributed by atoms with E-state index in [2.05, 4.69) is 16.7 Å². The van der Waals surface area contributed by atoms with Gasteiger partial charge in [0.25, 0.3) is 5.91 Å². The molecule has 4 aromatic rings. The molecule has 204 valence electrons. The number of anilines is 3. The molecule has 0 spiro atoms. The number of hydrogen-bond acceptors (Lipinski definition) is 6. The number of para-hydroxylation sites is 2. The van der Waals surface area contributed by atoms with Crippen LogP contribution in [0.3, 0.4) is 0 Å². The van der Waals surface area contributed by atoms with Crippen LogP contribution in [0.15, 0.2) is 130 Å². The van der Waals surface area contributed by atoms with Crippen molar-refractivity contribution in [2.45, 2.75) is 12.8 Å². The summed E-state index contributed by atoms with van der Waals surface area (Å²) in [5.74, 6) is -1.45. The number of hydrogen-bond donors (Lipinski definition) is 2. The number of furan rings is 1. The molecular formula is C32H25FN4O3S. The van der Waals surface area contributed by atoms with Gasteiger partial charge >= 0.3 is 0 Å². The lowest BCUT2D eigenvalue weighted by Gasteiger charge is -2.29. The van der Waals surface area contributed by atoms with E-state index in [9.17, 15) is 19.2 Å². The Labute approximate surface area is 241 Å². The molecule has 2 amide bonds. The molecule has 2 heterocycles. The zero-order valence-electron chi connectivity index (χ0n) is 22.0. The summed E-state index contributed by atoms with van der Waals surface area (Å²) in [6.07, 6.45) is 1.48. The highest BCUT2D eigenvalue weighted by Gasteiger charge is 2.36. The highest BCUT2D eigenvalue weighted by molar-refractivity contribution is 8.03. The van der Waals surface area contributed by atoms with E-state index in [0.29, 0.717) is 22.2 Å². The molecule has 0 saturated heterocycles. The lowest BCUT2D eigenvalue weighted by molar-refractivity contribution is -0.115. The van der Waals surface area contributed by atoms with Crippen molar-refractivity contribution in [1.29, 1.82) is 5.26 Å². The molecule has 2 N–H and O–H groups in total. The molecule has 0 radical (unpaired) electrons. The molecule has 3 aromatic carbocycles. The van der Waals surface area contributed by atoms with E-state index in [-0.39, 0.29) is 22.8 Å². The average molecular weight is 565 g/mol. The van der Waals surface area contributed by atoms with Crippen LogP contribution in [-0.4, -0.2) is 17.6 Å². The van der Waals surface area contributed by atoms with E-state index in [1.165, 1.54) is 42.3 Å². The number of rotatable bonds is 8. The zero-order chi connectivity index (χ0) is 28.8. The largest absolute Gasteiger partial charge is 0.468 e. The summed E-state index contributed by atoms with van der Waals surface area (Å²) in [7, 11) is 0. The van der Waals surface area contributed by atoms with Crippen molar-refractivity contribution in [1.82, 2.24) is 5.32 Å². The second-order valence-electron chi connectivity index (χ2n) is 9.12. The van der Waals surface area contributed by atoms with Gasteiger partial charge in [-0.1, -0.05) is 48.2 Å². The number of amides is 2. The first-order valence-electron chi connectivity index (χ1n) is 12.7. The Morgan fingerprint density at radius 3 is 2.17 bits per heavy atom. The van der Waals surface area contributed by atoms with Crippen molar-refractivity contribution in [2.75, 3.05) is 16.0 Å². The molecule has 0 unspecified atom stereocenters. The summed E-state index contributed by atoms with van der Waals surface area (Å²) in [6.45, 7) is 1.73. The summed E-state index contributed by atoms with van der Waals surface area (Å²) in [5, 5.41) is 16.7. The molecule has 7 nitrogen and oxygen atoms in total. The lowest BCUT2D eigenvalue weighted by Crippen LogP contribution is -2.32. The molecule has 1 aliphatic rings. The molecule has 0 bridgehead atoms. The van der Waals surface area contributed by atoms with Crippen LogP contribution in [0.1, 0.15) is 18.6 Å². The summed E-state index contributed by atoms with van der Waals surface area (Å²) >= 11 is 1.19. The number of allylic oxidation sites excluding steroid dienone is 2. The van der Waals surface area contributed by atoms with Gasteiger partial charge in [0, 0.05) is 22.8 Å². The van der Waals surface area contributed by atoms with Crippen molar-refractivity contribution in [3.05, 3.63) is 137 Å². The summed E-state index contributed by atoms with van der Waals surface area (Å²) in [4.78, 5) is 28.7. The number of nitrogens with zero attached hydrogens (tertiary/aromatic N) is 2. The second-order valence-corrected chi connectivity index (χ2v) is 10.1. The first kappa shape index (κ1) is 27.5. The molecule has 1 atom stereocenters. The molecule has 5 rings (SSSR count). The van der Waals surface area contributed by atoms with Gasteiger partial charge in [-0.2, -0.15) is 5.26 Å². The number of dihydropyridines is 1. The van der Waals surface area contributed by atoms with Gasteiger partial charge in [0.2, 0.25) is 5.91 Å². The van der Waals surface area contributed by atoms with Gasteiger partial charge < -0.3 is 15.1 Å². The zero-order valence-corrected chi connectivity index (χ0v) is 22.8. The fraction of sp³-hybridized carbons (Fsp3) is 0.0938. The number of thioether (sulfide) groups is 1. The minimum atomic E-state index is -0.811. The topological polar surface area (TPSA) is 98.4 Å². The Hall–Kier alpha value is -5.07. The van der Waals surface area contributed by atoms with Crippen LogP contribution in [0.5, 0.6) is 0 Å². The Bertz CT molecular complexity index is 1610. The summed E-state index contributed by atoms with van der Waals surface area (Å²) < 4.78 is 19.1. The molecule has 1 aliphatic heterocycles. The predicted octanol–water partition coefficient (Wildman–Crippen LogP) is 6.85. The third-order valence-electron chi connectivity index (χ3n) is 6.44. The van der Waals surface area contributed by atoms with Crippen molar-refractivity contribution in [3.63, 3.8) is 0 Å². The van der Waals surface area contributed by atoms with Gasteiger partial charge in [-0.05, 0) is 67.6 Å². The highest BCUT2D eigenvalue weighted by atomic mass is 32.2. The van der Waals surface area contributed by atoms with Gasteiger partial charge in [0.1, 0.15) is 11.6 Å². The van der Waals surface area contributed by atoms with Crippen LogP contribution in [0, 0.1) is 17.1 Å². The Balaban J connectivity index is 1.44. The van der Waals surface area contributed by atoms with Crippen molar-refractivity contribution >= 4 is 40.6 Å². The number of carbonyl (C=O) groups excluding carboxylic acids is 2. The van der Waals surface area contributed by atoms with E-state index in [1.54, 1.807) is 24.0 Å². The number of nitrogens with one attached hydrogen (secondary N) is 2. The normalized spacial score (nSPS) is 14.7. The molecule has 9 heteroatoms. The van der Waals surface area contributed by atoms with E-state index in [4.69, 9.17) is 4.42 Å². The standard InChI is InChI=1S/C32H25FN4O3S/c1-21-29(31(39)36-23-16-14-22(33)15-17-23)30(27-13-8-18-40-27)26(19-34)32(35-21)41-20-28(38)37(24-9-4-2-5-10-24)25-11-6-3-7-12-25/h2-18,30,35H,20H2,1H3,(H,36,39)/t30-/m0/s1. The number of halogens is 1. The van der Waals surface area contributed by atoms with Crippen LogP contribution in [0.2, 0.25) is 0 Å². The van der Waals surface area contributed by atoms with E-state index in [0.717, 1.165) is 11.4 Å². The van der Waals surface area contributed by atoms with Gasteiger partial charge in [0.05, 0.1) is 40.2 Å².